The van der Waals surface area contributed by atoms with Crippen molar-refractivity contribution in [2.24, 2.45) is 0 Å². The van der Waals surface area contributed by atoms with Crippen molar-refractivity contribution in [1.29, 1.82) is 0 Å². The van der Waals surface area contributed by atoms with Gasteiger partial charge in [-0.2, -0.15) is 0 Å². The molecule has 2 rings (SSSR count). The fourth-order valence-electron chi connectivity index (χ4n) is 1.69. The highest BCUT2D eigenvalue weighted by Gasteiger charge is 2.12. The number of hydrogen-bond acceptors (Lipinski definition) is 5. The van der Waals surface area contributed by atoms with Gasteiger partial charge in [0.2, 0.25) is 0 Å². The average Bonchev–Trinajstić information content (AvgIpc) is 2.93. The van der Waals surface area contributed by atoms with Gasteiger partial charge in [-0.1, -0.05) is 12.1 Å². The lowest BCUT2D eigenvalue weighted by atomic mass is 10.2. The third-order valence-corrected chi connectivity index (χ3v) is 2.69. The van der Waals surface area contributed by atoms with Crippen molar-refractivity contribution in [3.63, 3.8) is 0 Å². The first-order valence-corrected chi connectivity index (χ1v) is 5.83. The summed E-state index contributed by atoms with van der Waals surface area (Å²) in [6.07, 6.45) is 1.17. The number of carbonyl (C=O) groups excluding carboxylic acids is 1. The van der Waals surface area contributed by atoms with E-state index in [1.807, 2.05) is 0 Å². The molecule has 0 aliphatic heterocycles. The number of methoxy groups -OCH3 is 1. The molecule has 104 valence electrons. The number of nitrogens with one attached hydrogen (secondary N) is 1. The number of carbonyl (C=O) groups is 2. The Morgan fingerprint density at radius 2 is 2.10 bits per heavy atom. The first-order chi connectivity index (χ1) is 9.61. The summed E-state index contributed by atoms with van der Waals surface area (Å²) < 4.78 is 9.80. The third kappa shape index (κ3) is 2.97. The largest absolute Gasteiger partial charge is 0.478 e. The van der Waals surface area contributed by atoms with E-state index in [2.05, 4.69) is 10.1 Å². The van der Waals surface area contributed by atoms with Gasteiger partial charge in [0.15, 0.2) is 0 Å². The number of ether oxygens (including phenoxy) is 1. The molecular weight excluding hydrogens is 262 g/mol. The predicted octanol–water partition coefficient (Wildman–Crippen LogP) is 2.38. The van der Waals surface area contributed by atoms with E-state index < -0.39 is 11.9 Å². The fourth-order valence-corrected chi connectivity index (χ4v) is 1.69. The third-order valence-electron chi connectivity index (χ3n) is 2.69. The molecule has 0 amide bonds. The summed E-state index contributed by atoms with van der Waals surface area (Å²) in [5.41, 5.74) is 1.08. The summed E-state index contributed by atoms with van der Waals surface area (Å²) in [5.74, 6) is -1.03. The van der Waals surface area contributed by atoms with Crippen LogP contribution in [0.2, 0.25) is 0 Å². The van der Waals surface area contributed by atoms with Gasteiger partial charge >= 0.3 is 11.9 Å². The number of carboxylic acids is 1. The van der Waals surface area contributed by atoms with Crippen LogP contribution in [0.4, 0.5) is 5.69 Å². The van der Waals surface area contributed by atoms with Gasteiger partial charge in [-0.3, -0.25) is 0 Å². The Morgan fingerprint density at radius 3 is 2.75 bits per heavy atom. The molecule has 20 heavy (non-hydrogen) atoms. The number of aromatic carboxylic acids is 1. The van der Waals surface area contributed by atoms with Crippen LogP contribution >= 0.6 is 0 Å². The van der Waals surface area contributed by atoms with Crippen LogP contribution in [0.5, 0.6) is 0 Å². The van der Waals surface area contributed by atoms with Crippen molar-refractivity contribution in [1.82, 2.24) is 0 Å². The first kappa shape index (κ1) is 13.7. The SMILES string of the molecule is COC(=O)c1ccccc1NCc1cc(C(=O)O)co1. The molecule has 0 aliphatic carbocycles. The molecule has 0 fully saturated rings. The second kappa shape index (κ2) is 5.92. The lowest BCUT2D eigenvalue weighted by molar-refractivity contribution is 0.0600. The molecule has 0 spiro atoms. The normalized spacial score (nSPS) is 10.1. The van der Waals surface area contributed by atoms with E-state index in [4.69, 9.17) is 9.52 Å². The molecule has 6 heteroatoms. The maximum Gasteiger partial charge on any atom is 0.339 e. The van der Waals surface area contributed by atoms with E-state index in [1.54, 1.807) is 24.3 Å². The number of anilines is 1. The van der Waals surface area contributed by atoms with Crippen molar-refractivity contribution in [2.75, 3.05) is 12.4 Å². The summed E-state index contributed by atoms with van der Waals surface area (Å²) >= 11 is 0. The van der Waals surface area contributed by atoms with Crippen molar-refractivity contribution in [3.05, 3.63) is 53.5 Å². The number of benzene rings is 1. The summed E-state index contributed by atoms with van der Waals surface area (Å²) in [6, 6.07) is 8.30. The Morgan fingerprint density at radius 1 is 1.35 bits per heavy atom. The van der Waals surface area contributed by atoms with Crippen LogP contribution in [0.3, 0.4) is 0 Å². The van der Waals surface area contributed by atoms with E-state index in [9.17, 15) is 9.59 Å². The molecular formula is C14H13NO5. The standard InChI is InChI=1S/C14H13NO5/c1-19-14(18)11-4-2-3-5-12(11)15-7-10-6-9(8-20-10)13(16)17/h2-6,8,15H,7H2,1H3,(H,16,17). The van der Waals surface area contributed by atoms with Gasteiger partial charge in [0.05, 0.1) is 24.8 Å². The van der Waals surface area contributed by atoms with Gasteiger partial charge in [0.25, 0.3) is 0 Å². The average molecular weight is 275 g/mol. The molecule has 2 aromatic rings. The zero-order valence-electron chi connectivity index (χ0n) is 10.8. The Kier molecular flexibility index (Phi) is 4.05. The second-order valence-electron chi connectivity index (χ2n) is 4.00. The summed E-state index contributed by atoms with van der Waals surface area (Å²) in [5, 5.41) is 11.8. The van der Waals surface area contributed by atoms with E-state index in [-0.39, 0.29) is 12.1 Å². The zero-order chi connectivity index (χ0) is 14.5. The van der Waals surface area contributed by atoms with Crippen LogP contribution in [0, 0.1) is 0 Å². The van der Waals surface area contributed by atoms with Gasteiger partial charge in [-0.05, 0) is 18.2 Å². The number of furan rings is 1. The molecule has 0 radical (unpaired) electrons. The minimum Gasteiger partial charge on any atom is -0.478 e. The second-order valence-corrected chi connectivity index (χ2v) is 4.00. The quantitative estimate of drug-likeness (QED) is 0.814. The minimum atomic E-state index is -1.05. The molecule has 0 bridgehead atoms. The number of rotatable bonds is 5. The van der Waals surface area contributed by atoms with Gasteiger partial charge in [0, 0.05) is 5.69 Å². The van der Waals surface area contributed by atoms with Crippen molar-refractivity contribution in [3.8, 4) is 0 Å². The maximum atomic E-state index is 11.6. The van der Waals surface area contributed by atoms with Crippen molar-refractivity contribution < 1.29 is 23.8 Å². The molecule has 0 unspecified atom stereocenters. The van der Waals surface area contributed by atoms with Crippen LogP contribution in [0.1, 0.15) is 26.5 Å². The molecule has 1 aromatic heterocycles. The Labute approximate surface area is 115 Å². The molecule has 2 N–H and O–H groups in total. The molecule has 0 saturated carbocycles. The smallest absolute Gasteiger partial charge is 0.339 e. The van der Waals surface area contributed by atoms with E-state index in [0.29, 0.717) is 17.0 Å². The highest BCUT2D eigenvalue weighted by Crippen LogP contribution is 2.17. The summed E-state index contributed by atoms with van der Waals surface area (Å²) in [4.78, 5) is 22.3. The zero-order valence-corrected chi connectivity index (χ0v) is 10.8. The monoisotopic (exact) mass is 275 g/mol. The topological polar surface area (TPSA) is 88.8 Å². The summed E-state index contributed by atoms with van der Waals surface area (Å²) in [6.45, 7) is 0.265. The maximum absolute atomic E-state index is 11.6. The number of para-hydroxylation sites is 1. The van der Waals surface area contributed by atoms with Gasteiger partial charge < -0.3 is 19.6 Å². The molecule has 1 aromatic carbocycles. The molecule has 0 saturated heterocycles. The molecule has 0 aliphatic rings. The van der Waals surface area contributed by atoms with Crippen LogP contribution in [-0.4, -0.2) is 24.2 Å². The van der Waals surface area contributed by atoms with E-state index >= 15 is 0 Å². The lowest BCUT2D eigenvalue weighted by Gasteiger charge is -2.09. The number of hydrogen-bond donors (Lipinski definition) is 2. The van der Waals surface area contributed by atoms with Gasteiger partial charge in [0.1, 0.15) is 12.0 Å². The van der Waals surface area contributed by atoms with Crippen LogP contribution < -0.4 is 5.32 Å². The summed E-state index contributed by atoms with van der Waals surface area (Å²) in [7, 11) is 1.31. The molecule has 6 nitrogen and oxygen atoms in total. The van der Waals surface area contributed by atoms with Crippen molar-refractivity contribution in [2.45, 2.75) is 6.54 Å². The predicted molar refractivity (Wildman–Crippen MR) is 70.8 cm³/mol. The van der Waals surface area contributed by atoms with E-state index in [1.165, 1.54) is 19.4 Å². The van der Waals surface area contributed by atoms with Crippen molar-refractivity contribution >= 4 is 17.6 Å². The fraction of sp³-hybridized carbons (Fsp3) is 0.143. The van der Waals surface area contributed by atoms with Gasteiger partial charge in [-0.15, -0.1) is 0 Å². The number of carboxylic acid groups (broad SMARTS) is 1. The highest BCUT2D eigenvalue weighted by molar-refractivity contribution is 5.95. The lowest BCUT2D eigenvalue weighted by Crippen LogP contribution is -2.07. The first-order valence-electron chi connectivity index (χ1n) is 5.83. The van der Waals surface area contributed by atoms with Gasteiger partial charge in [-0.25, -0.2) is 9.59 Å². The highest BCUT2D eigenvalue weighted by atomic mass is 16.5. The van der Waals surface area contributed by atoms with Crippen LogP contribution in [0.25, 0.3) is 0 Å². The Bertz CT molecular complexity index is 632. The Hall–Kier alpha value is -2.76. The van der Waals surface area contributed by atoms with E-state index in [0.717, 1.165) is 0 Å². The van der Waals surface area contributed by atoms with Crippen LogP contribution in [-0.2, 0) is 11.3 Å². The minimum absolute atomic E-state index is 0.0862. The Balaban J connectivity index is 2.10. The molecule has 1 heterocycles. The van der Waals surface area contributed by atoms with Crippen LogP contribution in [0.15, 0.2) is 41.0 Å². The number of esters is 1. The molecule has 0 atom stereocenters.